The molecule has 5 nitrogen and oxygen atoms in total. The predicted octanol–water partition coefficient (Wildman–Crippen LogP) is 1.86. The van der Waals surface area contributed by atoms with Crippen molar-refractivity contribution in [2.75, 3.05) is 32.8 Å². The number of carbonyl (C=O) groups is 1. The Hall–Kier alpha value is -1.59. The topological polar surface area (TPSA) is 70.0 Å². The number of unbranched alkanes of at least 4 members (excludes halogenated alkanes) is 1. The van der Waals surface area contributed by atoms with Gasteiger partial charge < -0.3 is 14.9 Å². The van der Waals surface area contributed by atoms with Crippen molar-refractivity contribution in [3.05, 3.63) is 29.8 Å². The van der Waals surface area contributed by atoms with Gasteiger partial charge >= 0.3 is 5.97 Å². The summed E-state index contributed by atoms with van der Waals surface area (Å²) in [5.41, 5.74) is 0.223. The van der Waals surface area contributed by atoms with Gasteiger partial charge in [0.25, 0.3) is 0 Å². The third-order valence-electron chi connectivity index (χ3n) is 3.00. The Bertz CT molecular complexity index is 409. The molecule has 112 valence electrons. The molecule has 0 spiro atoms. The lowest BCUT2D eigenvalue weighted by molar-refractivity contribution is 0.0696. The number of nitrogens with zero attached hydrogens (tertiary/aromatic N) is 1. The van der Waals surface area contributed by atoms with Gasteiger partial charge in [0, 0.05) is 13.1 Å². The molecule has 0 saturated heterocycles. The molecule has 0 bridgehead atoms. The molecular formula is C15H23NO4. The fourth-order valence-corrected chi connectivity index (χ4v) is 1.87. The van der Waals surface area contributed by atoms with Gasteiger partial charge in [0.2, 0.25) is 0 Å². The molecule has 5 heteroatoms. The molecule has 20 heavy (non-hydrogen) atoms. The van der Waals surface area contributed by atoms with Crippen LogP contribution in [0.2, 0.25) is 0 Å². The maximum absolute atomic E-state index is 10.8. The van der Waals surface area contributed by atoms with E-state index in [1.165, 1.54) is 12.1 Å². The molecule has 0 unspecified atom stereocenters. The molecule has 0 aromatic heterocycles. The second-order valence-electron chi connectivity index (χ2n) is 4.60. The summed E-state index contributed by atoms with van der Waals surface area (Å²) in [7, 11) is 0. The van der Waals surface area contributed by atoms with Crippen LogP contribution in [-0.4, -0.2) is 53.9 Å². The van der Waals surface area contributed by atoms with E-state index in [2.05, 4.69) is 11.8 Å². The first-order chi connectivity index (χ1) is 9.67. The van der Waals surface area contributed by atoms with Crippen molar-refractivity contribution in [3.63, 3.8) is 0 Å². The van der Waals surface area contributed by atoms with Crippen molar-refractivity contribution >= 4 is 5.97 Å². The Balaban J connectivity index is 2.41. The SMILES string of the molecule is CCCCN(CCO)CCOc1cccc(C(=O)O)c1. The quantitative estimate of drug-likeness (QED) is 0.685. The smallest absolute Gasteiger partial charge is 0.335 e. The lowest BCUT2D eigenvalue weighted by Gasteiger charge is -2.21. The monoisotopic (exact) mass is 281 g/mol. The zero-order valence-corrected chi connectivity index (χ0v) is 11.9. The van der Waals surface area contributed by atoms with Crippen LogP contribution < -0.4 is 4.74 Å². The van der Waals surface area contributed by atoms with Crippen LogP contribution in [0.15, 0.2) is 24.3 Å². The third-order valence-corrected chi connectivity index (χ3v) is 3.00. The molecule has 0 radical (unpaired) electrons. The van der Waals surface area contributed by atoms with E-state index in [0.717, 1.165) is 25.9 Å². The van der Waals surface area contributed by atoms with Crippen LogP contribution in [0, 0.1) is 0 Å². The maximum atomic E-state index is 10.8. The van der Waals surface area contributed by atoms with Crippen molar-refractivity contribution in [1.82, 2.24) is 4.90 Å². The Morgan fingerprint density at radius 1 is 1.30 bits per heavy atom. The highest BCUT2D eigenvalue weighted by molar-refractivity contribution is 5.87. The van der Waals surface area contributed by atoms with Gasteiger partial charge in [-0.3, -0.25) is 4.90 Å². The van der Waals surface area contributed by atoms with Gasteiger partial charge in [-0.25, -0.2) is 4.79 Å². The molecule has 0 fully saturated rings. The van der Waals surface area contributed by atoms with Gasteiger partial charge in [0.15, 0.2) is 0 Å². The van der Waals surface area contributed by atoms with Crippen LogP contribution in [0.5, 0.6) is 5.75 Å². The number of benzene rings is 1. The number of ether oxygens (including phenoxy) is 1. The Labute approximate surface area is 119 Å². The number of hydrogen-bond acceptors (Lipinski definition) is 4. The maximum Gasteiger partial charge on any atom is 0.335 e. The number of aliphatic hydroxyl groups excluding tert-OH is 1. The molecular weight excluding hydrogens is 258 g/mol. The van der Waals surface area contributed by atoms with Gasteiger partial charge in [-0.05, 0) is 31.2 Å². The van der Waals surface area contributed by atoms with Crippen molar-refractivity contribution in [3.8, 4) is 5.75 Å². The molecule has 2 N–H and O–H groups in total. The Morgan fingerprint density at radius 3 is 2.75 bits per heavy atom. The number of carboxylic acid groups (broad SMARTS) is 1. The zero-order valence-electron chi connectivity index (χ0n) is 11.9. The van der Waals surface area contributed by atoms with Crippen LogP contribution >= 0.6 is 0 Å². The van der Waals surface area contributed by atoms with E-state index < -0.39 is 5.97 Å². The molecule has 0 atom stereocenters. The van der Waals surface area contributed by atoms with Crippen molar-refractivity contribution in [1.29, 1.82) is 0 Å². The summed E-state index contributed by atoms with van der Waals surface area (Å²) in [5.74, 6) is -0.398. The molecule has 0 amide bonds. The summed E-state index contributed by atoms with van der Waals surface area (Å²) in [6.07, 6.45) is 2.21. The van der Waals surface area contributed by atoms with E-state index in [1.54, 1.807) is 12.1 Å². The average Bonchev–Trinajstić information content (AvgIpc) is 2.45. The summed E-state index contributed by atoms with van der Waals surface area (Å²) in [6, 6.07) is 6.47. The first-order valence-electron chi connectivity index (χ1n) is 6.96. The van der Waals surface area contributed by atoms with E-state index >= 15 is 0 Å². The number of hydrogen-bond donors (Lipinski definition) is 2. The summed E-state index contributed by atoms with van der Waals surface area (Å²) >= 11 is 0. The van der Waals surface area contributed by atoms with Crippen LogP contribution in [0.4, 0.5) is 0 Å². The summed E-state index contributed by atoms with van der Waals surface area (Å²) in [4.78, 5) is 13.0. The normalized spacial score (nSPS) is 10.8. The predicted molar refractivity (Wildman–Crippen MR) is 77.3 cm³/mol. The highest BCUT2D eigenvalue weighted by Crippen LogP contribution is 2.13. The van der Waals surface area contributed by atoms with Crippen molar-refractivity contribution in [2.24, 2.45) is 0 Å². The minimum absolute atomic E-state index is 0.137. The third kappa shape index (κ3) is 6.04. The largest absolute Gasteiger partial charge is 0.492 e. The van der Waals surface area contributed by atoms with Crippen molar-refractivity contribution < 1.29 is 19.7 Å². The molecule has 0 aliphatic rings. The van der Waals surface area contributed by atoms with Crippen LogP contribution in [0.1, 0.15) is 30.1 Å². The van der Waals surface area contributed by atoms with Gasteiger partial charge in [-0.1, -0.05) is 19.4 Å². The van der Waals surface area contributed by atoms with E-state index in [4.69, 9.17) is 14.9 Å². The highest BCUT2D eigenvalue weighted by atomic mass is 16.5. The van der Waals surface area contributed by atoms with E-state index in [1.807, 2.05) is 0 Å². The van der Waals surface area contributed by atoms with Gasteiger partial charge in [-0.2, -0.15) is 0 Å². The van der Waals surface area contributed by atoms with Gasteiger partial charge in [0.05, 0.1) is 12.2 Å². The first kappa shape index (κ1) is 16.5. The molecule has 1 aromatic carbocycles. The standard InChI is InChI=1S/C15H23NO4/c1-2-3-7-16(8-10-17)9-11-20-14-6-4-5-13(12-14)15(18)19/h4-6,12,17H,2-3,7-11H2,1H3,(H,18,19). The lowest BCUT2D eigenvalue weighted by atomic mass is 10.2. The minimum atomic E-state index is -0.958. The van der Waals surface area contributed by atoms with Crippen LogP contribution in [0.25, 0.3) is 0 Å². The average molecular weight is 281 g/mol. The summed E-state index contributed by atoms with van der Waals surface area (Å²) < 4.78 is 5.57. The number of aliphatic hydroxyl groups is 1. The second-order valence-corrected chi connectivity index (χ2v) is 4.60. The Morgan fingerprint density at radius 2 is 2.10 bits per heavy atom. The van der Waals surface area contributed by atoms with E-state index in [-0.39, 0.29) is 12.2 Å². The fourth-order valence-electron chi connectivity index (χ4n) is 1.87. The van der Waals surface area contributed by atoms with E-state index in [9.17, 15) is 4.79 Å². The zero-order chi connectivity index (χ0) is 14.8. The summed E-state index contributed by atoms with van der Waals surface area (Å²) in [6.45, 7) is 5.04. The number of aromatic carboxylic acids is 1. The first-order valence-corrected chi connectivity index (χ1v) is 6.96. The Kier molecular flexibility index (Phi) is 7.69. The van der Waals surface area contributed by atoms with E-state index in [0.29, 0.717) is 18.9 Å². The van der Waals surface area contributed by atoms with Crippen molar-refractivity contribution in [2.45, 2.75) is 19.8 Å². The van der Waals surface area contributed by atoms with Crippen LogP contribution in [-0.2, 0) is 0 Å². The molecule has 1 rings (SSSR count). The van der Waals surface area contributed by atoms with Gasteiger partial charge in [0.1, 0.15) is 12.4 Å². The number of carboxylic acids is 1. The minimum Gasteiger partial charge on any atom is -0.492 e. The molecule has 1 aromatic rings. The van der Waals surface area contributed by atoms with Gasteiger partial charge in [-0.15, -0.1) is 0 Å². The lowest BCUT2D eigenvalue weighted by Crippen LogP contribution is -2.32. The molecule has 0 heterocycles. The highest BCUT2D eigenvalue weighted by Gasteiger charge is 2.06. The molecule has 0 aliphatic carbocycles. The van der Waals surface area contributed by atoms with Crippen LogP contribution in [0.3, 0.4) is 0 Å². The molecule has 0 aliphatic heterocycles. The molecule has 0 saturated carbocycles. The number of rotatable bonds is 10. The summed E-state index contributed by atoms with van der Waals surface area (Å²) in [5, 5.41) is 17.9. The fraction of sp³-hybridized carbons (Fsp3) is 0.533. The second kappa shape index (κ2) is 9.34.